The molecule has 43 heavy (non-hydrogen) atoms. The molecule has 0 fully saturated rings. The number of para-hydroxylation sites is 2. The van der Waals surface area contributed by atoms with Crippen molar-refractivity contribution >= 4 is 76.4 Å². The maximum absolute atomic E-state index is 6.68. The van der Waals surface area contributed by atoms with Gasteiger partial charge in [-0.15, -0.1) is 0 Å². The van der Waals surface area contributed by atoms with Gasteiger partial charge in [-0.05, 0) is 75.1 Å². The first-order valence-corrected chi connectivity index (χ1v) is 14.5. The second-order valence-electron chi connectivity index (χ2n) is 11.2. The molecular formula is C40H22O3. The Morgan fingerprint density at radius 2 is 0.814 bits per heavy atom. The quantitative estimate of drug-likeness (QED) is 0.201. The van der Waals surface area contributed by atoms with Crippen molar-refractivity contribution in [1.29, 1.82) is 0 Å². The van der Waals surface area contributed by atoms with Crippen molar-refractivity contribution in [3.8, 4) is 22.5 Å². The largest absolute Gasteiger partial charge is 0.456 e. The van der Waals surface area contributed by atoms with Crippen molar-refractivity contribution in [2.24, 2.45) is 0 Å². The highest BCUT2D eigenvalue weighted by molar-refractivity contribution is 6.23. The summed E-state index contributed by atoms with van der Waals surface area (Å²) < 4.78 is 19.2. The van der Waals surface area contributed by atoms with Crippen molar-refractivity contribution in [3.63, 3.8) is 0 Å². The standard InChI is InChI=1S/C40H22O3/c1-3-12-28-26(10-1)38(23-17-18-25-24-9-5-7-15-32(24)42-36(25)21-23)27-11-2-4-13-29(27)39(28)37-22-31-34(43-37)19-20-35-40(31)30-14-6-8-16-33(30)41-35/h1-22H. The van der Waals surface area contributed by atoms with E-state index in [1.165, 1.54) is 16.3 Å². The van der Waals surface area contributed by atoms with E-state index in [1.807, 2.05) is 36.4 Å². The Hall–Kier alpha value is -5.80. The molecule has 0 bridgehead atoms. The lowest BCUT2D eigenvalue weighted by molar-refractivity contribution is 0.632. The van der Waals surface area contributed by atoms with Crippen molar-refractivity contribution in [1.82, 2.24) is 0 Å². The van der Waals surface area contributed by atoms with Gasteiger partial charge in [-0.3, -0.25) is 0 Å². The lowest BCUT2D eigenvalue weighted by Gasteiger charge is -2.16. The van der Waals surface area contributed by atoms with Gasteiger partial charge in [0.25, 0.3) is 0 Å². The van der Waals surface area contributed by atoms with Gasteiger partial charge in [0, 0.05) is 32.5 Å². The molecule has 3 heterocycles. The van der Waals surface area contributed by atoms with Crippen molar-refractivity contribution in [3.05, 3.63) is 133 Å². The van der Waals surface area contributed by atoms with Gasteiger partial charge in [-0.25, -0.2) is 0 Å². The molecular weight excluding hydrogens is 528 g/mol. The van der Waals surface area contributed by atoms with Gasteiger partial charge < -0.3 is 13.3 Å². The van der Waals surface area contributed by atoms with Gasteiger partial charge >= 0.3 is 0 Å². The summed E-state index contributed by atoms with van der Waals surface area (Å²) in [7, 11) is 0. The Kier molecular flexibility index (Phi) is 4.45. The van der Waals surface area contributed by atoms with Crippen LogP contribution < -0.4 is 0 Å². The van der Waals surface area contributed by atoms with Gasteiger partial charge in [0.05, 0.1) is 0 Å². The molecule has 0 saturated carbocycles. The maximum atomic E-state index is 6.68. The normalized spacial score (nSPS) is 12.2. The van der Waals surface area contributed by atoms with E-state index in [2.05, 4.69) is 97.1 Å². The first kappa shape index (κ1) is 22.8. The summed E-state index contributed by atoms with van der Waals surface area (Å²) in [6.07, 6.45) is 0. The highest BCUT2D eigenvalue weighted by atomic mass is 16.3. The van der Waals surface area contributed by atoms with E-state index in [0.29, 0.717) is 0 Å². The fraction of sp³-hybridized carbons (Fsp3) is 0. The molecule has 0 saturated heterocycles. The van der Waals surface area contributed by atoms with Crippen LogP contribution in [0.4, 0.5) is 0 Å². The summed E-state index contributed by atoms with van der Waals surface area (Å²) in [5.41, 5.74) is 7.81. The van der Waals surface area contributed by atoms with Crippen LogP contribution in [0.5, 0.6) is 0 Å². The molecule has 0 atom stereocenters. The van der Waals surface area contributed by atoms with Crippen molar-refractivity contribution < 1.29 is 13.3 Å². The summed E-state index contributed by atoms with van der Waals surface area (Å²) >= 11 is 0. The predicted molar refractivity (Wildman–Crippen MR) is 177 cm³/mol. The number of fused-ring (bicyclic) bond motifs is 10. The predicted octanol–water partition coefficient (Wildman–Crippen LogP) is 11.9. The third-order valence-corrected chi connectivity index (χ3v) is 8.88. The first-order chi connectivity index (χ1) is 21.3. The summed E-state index contributed by atoms with van der Waals surface area (Å²) in [6, 6.07) is 46.5. The van der Waals surface area contributed by atoms with Crippen LogP contribution in [0.15, 0.2) is 147 Å². The van der Waals surface area contributed by atoms with Crippen LogP contribution in [0, 0.1) is 0 Å². The van der Waals surface area contributed by atoms with Gasteiger partial charge in [-0.1, -0.05) is 91.0 Å². The molecule has 0 aliphatic heterocycles. The van der Waals surface area contributed by atoms with Crippen LogP contribution in [-0.2, 0) is 0 Å². The molecule has 3 heteroatoms. The third kappa shape index (κ3) is 3.14. The minimum Gasteiger partial charge on any atom is -0.456 e. The topological polar surface area (TPSA) is 39.4 Å². The number of benzene rings is 7. The van der Waals surface area contributed by atoms with Gasteiger partial charge in [0.15, 0.2) is 0 Å². The maximum Gasteiger partial charge on any atom is 0.136 e. The van der Waals surface area contributed by atoms with E-state index in [1.54, 1.807) is 0 Å². The second-order valence-corrected chi connectivity index (χ2v) is 11.2. The molecule has 10 rings (SSSR count). The molecule has 200 valence electrons. The molecule has 0 radical (unpaired) electrons. The van der Waals surface area contributed by atoms with Crippen molar-refractivity contribution in [2.75, 3.05) is 0 Å². The van der Waals surface area contributed by atoms with Crippen LogP contribution in [-0.4, -0.2) is 0 Å². The number of furan rings is 3. The zero-order chi connectivity index (χ0) is 28.1. The fourth-order valence-electron chi connectivity index (χ4n) is 7.04. The molecule has 0 aliphatic carbocycles. The minimum absolute atomic E-state index is 0.847. The summed E-state index contributed by atoms with van der Waals surface area (Å²) in [4.78, 5) is 0. The smallest absolute Gasteiger partial charge is 0.136 e. The van der Waals surface area contributed by atoms with Gasteiger partial charge in [0.1, 0.15) is 33.7 Å². The summed E-state index contributed by atoms with van der Waals surface area (Å²) in [5, 5.41) is 10.2. The molecule has 3 aromatic heterocycles. The molecule has 0 N–H and O–H groups in total. The molecule has 10 aromatic rings. The van der Waals surface area contributed by atoms with Crippen LogP contribution in [0.1, 0.15) is 0 Å². The van der Waals surface area contributed by atoms with E-state index in [9.17, 15) is 0 Å². The highest BCUT2D eigenvalue weighted by Crippen LogP contribution is 2.46. The first-order valence-electron chi connectivity index (χ1n) is 14.5. The van der Waals surface area contributed by atoms with E-state index in [4.69, 9.17) is 13.3 Å². The molecule has 7 aromatic carbocycles. The number of hydrogen-bond acceptors (Lipinski definition) is 3. The highest BCUT2D eigenvalue weighted by Gasteiger charge is 2.21. The Balaban J connectivity index is 1.28. The molecule has 0 unspecified atom stereocenters. The Labute approximate surface area is 245 Å². The average Bonchev–Trinajstić information content (AvgIpc) is 3.76. The molecule has 0 amide bonds. The summed E-state index contributed by atoms with van der Waals surface area (Å²) in [5.74, 6) is 0.847. The van der Waals surface area contributed by atoms with Crippen molar-refractivity contribution in [2.45, 2.75) is 0 Å². The summed E-state index contributed by atoms with van der Waals surface area (Å²) in [6.45, 7) is 0. The minimum atomic E-state index is 0.847. The second kappa shape index (κ2) is 8.37. The Morgan fingerprint density at radius 1 is 0.302 bits per heavy atom. The molecule has 3 nitrogen and oxygen atoms in total. The van der Waals surface area contributed by atoms with Gasteiger partial charge in [-0.2, -0.15) is 0 Å². The van der Waals surface area contributed by atoms with Crippen LogP contribution in [0.25, 0.3) is 98.8 Å². The van der Waals surface area contributed by atoms with E-state index in [-0.39, 0.29) is 0 Å². The number of hydrogen-bond donors (Lipinski definition) is 0. The van der Waals surface area contributed by atoms with E-state index in [0.717, 1.165) is 82.5 Å². The lowest BCUT2D eigenvalue weighted by atomic mass is 9.87. The van der Waals surface area contributed by atoms with Crippen LogP contribution in [0.2, 0.25) is 0 Å². The van der Waals surface area contributed by atoms with Crippen LogP contribution in [0.3, 0.4) is 0 Å². The Morgan fingerprint density at radius 3 is 1.53 bits per heavy atom. The molecule has 0 aliphatic rings. The fourth-order valence-corrected chi connectivity index (χ4v) is 7.04. The monoisotopic (exact) mass is 550 g/mol. The molecule has 0 spiro atoms. The SMILES string of the molecule is c1ccc2c(c1)oc1cc(-c3c4ccccc4c(-c4cc5c(ccc6oc7ccccc7c65)o4)c4ccccc34)ccc12. The van der Waals surface area contributed by atoms with E-state index < -0.39 is 0 Å². The Bertz CT molecular complexity index is 2680. The lowest BCUT2D eigenvalue weighted by Crippen LogP contribution is -1.89. The average molecular weight is 551 g/mol. The van der Waals surface area contributed by atoms with Gasteiger partial charge in [0.2, 0.25) is 0 Å². The third-order valence-electron chi connectivity index (χ3n) is 8.88. The number of rotatable bonds is 2. The zero-order valence-electron chi connectivity index (χ0n) is 22.9. The zero-order valence-corrected chi connectivity index (χ0v) is 22.9. The van der Waals surface area contributed by atoms with Crippen LogP contribution >= 0.6 is 0 Å². The van der Waals surface area contributed by atoms with E-state index >= 15 is 0 Å².